The van der Waals surface area contributed by atoms with Gasteiger partial charge in [0.1, 0.15) is 11.8 Å². The van der Waals surface area contributed by atoms with E-state index in [0.717, 1.165) is 6.20 Å². The van der Waals surface area contributed by atoms with Crippen LogP contribution < -0.4 is 5.32 Å². The van der Waals surface area contributed by atoms with Crippen LogP contribution in [0.3, 0.4) is 0 Å². The van der Waals surface area contributed by atoms with Gasteiger partial charge in [-0.1, -0.05) is 24.3 Å². The van der Waals surface area contributed by atoms with Crippen LogP contribution in [0.5, 0.6) is 0 Å². The van der Waals surface area contributed by atoms with E-state index >= 15 is 0 Å². The summed E-state index contributed by atoms with van der Waals surface area (Å²) in [7, 11) is 0. The van der Waals surface area contributed by atoms with E-state index in [2.05, 4.69) is 25.6 Å². The molecule has 0 aliphatic rings. The van der Waals surface area contributed by atoms with E-state index in [4.69, 9.17) is 0 Å². The SMILES string of the molecule is N#Cc1cc(NC(=O)c2cnn(-c3cncc4ccccc34)c2C(F)(F)F)ccc1-n1nccn1. The first-order valence-corrected chi connectivity index (χ1v) is 10.1. The van der Waals surface area contributed by atoms with Gasteiger partial charge in [0.15, 0.2) is 5.69 Å². The highest BCUT2D eigenvalue weighted by Gasteiger charge is 2.41. The van der Waals surface area contributed by atoms with E-state index in [1.165, 1.54) is 47.8 Å². The van der Waals surface area contributed by atoms with Crippen molar-refractivity contribution in [2.24, 2.45) is 0 Å². The number of aromatic nitrogens is 6. The van der Waals surface area contributed by atoms with Gasteiger partial charge in [0.05, 0.1) is 41.6 Å². The van der Waals surface area contributed by atoms with Crippen molar-refractivity contribution in [1.82, 2.24) is 29.8 Å². The smallest absolute Gasteiger partial charge is 0.322 e. The maximum atomic E-state index is 14.1. The van der Waals surface area contributed by atoms with Crippen LogP contribution in [0.2, 0.25) is 0 Å². The second-order valence-corrected chi connectivity index (χ2v) is 7.31. The molecule has 12 heteroatoms. The summed E-state index contributed by atoms with van der Waals surface area (Å²) in [4.78, 5) is 18.1. The van der Waals surface area contributed by atoms with Gasteiger partial charge in [0, 0.05) is 22.7 Å². The van der Waals surface area contributed by atoms with Crippen LogP contribution in [0.4, 0.5) is 18.9 Å². The summed E-state index contributed by atoms with van der Waals surface area (Å²) >= 11 is 0. The zero-order valence-electron chi connectivity index (χ0n) is 17.6. The molecule has 35 heavy (non-hydrogen) atoms. The van der Waals surface area contributed by atoms with Crippen molar-refractivity contribution in [3.05, 3.63) is 90.3 Å². The molecule has 0 aliphatic carbocycles. The topological polar surface area (TPSA) is 114 Å². The van der Waals surface area contributed by atoms with E-state index in [-0.39, 0.29) is 16.9 Å². The van der Waals surface area contributed by atoms with Gasteiger partial charge in [0.2, 0.25) is 0 Å². The normalized spacial score (nSPS) is 11.4. The van der Waals surface area contributed by atoms with Crippen LogP contribution in [-0.4, -0.2) is 35.7 Å². The van der Waals surface area contributed by atoms with Crippen molar-refractivity contribution < 1.29 is 18.0 Å². The molecule has 5 aromatic rings. The average Bonchev–Trinajstić information content (AvgIpc) is 3.54. The van der Waals surface area contributed by atoms with E-state index in [0.29, 0.717) is 21.1 Å². The Bertz CT molecular complexity index is 1590. The lowest BCUT2D eigenvalue weighted by Crippen LogP contribution is -2.21. The lowest BCUT2D eigenvalue weighted by Gasteiger charge is -2.14. The number of nitrogens with one attached hydrogen (secondary N) is 1. The molecular weight excluding hydrogens is 461 g/mol. The zero-order valence-corrected chi connectivity index (χ0v) is 17.6. The number of hydrogen-bond donors (Lipinski definition) is 1. The second-order valence-electron chi connectivity index (χ2n) is 7.31. The molecule has 3 aromatic heterocycles. The highest BCUT2D eigenvalue weighted by molar-refractivity contribution is 6.05. The minimum atomic E-state index is -4.90. The molecule has 5 rings (SSSR count). The molecule has 3 heterocycles. The largest absolute Gasteiger partial charge is 0.434 e. The molecule has 0 bridgehead atoms. The predicted octanol–water partition coefficient (Wildman–Crippen LogP) is 4.14. The fourth-order valence-corrected chi connectivity index (χ4v) is 3.66. The number of carbonyl (C=O) groups excluding carboxylic acids is 1. The minimum absolute atomic E-state index is 0.0808. The Morgan fingerprint density at radius 3 is 2.49 bits per heavy atom. The number of amides is 1. The monoisotopic (exact) mass is 474 g/mol. The van der Waals surface area contributed by atoms with E-state index < -0.39 is 23.3 Å². The molecule has 0 aliphatic heterocycles. The molecule has 0 unspecified atom stereocenters. The number of anilines is 1. The lowest BCUT2D eigenvalue weighted by atomic mass is 10.1. The Hall–Kier alpha value is -5.05. The summed E-state index contributed by atoms with van der Waals surface area (Å²) in [5.74, 6) is -1.04. The number of hydrogen-bond acceptors (Lipinski definition) is 6. The number of benzene rings is 2. The Kier molecular flexibility index (Phi) is 5.21. The molecule has 9 nitrogen and oxygen atoms in total. The molecule has 172 valence electrons. The van der Waals surface area contributed by atoms with Gasteiger partial charge in [-0.25, -0.2) is 4.68 Å². The maximum Gasteiger partial charge on any atom is 0.434 e. The summed E-state index contributed by atoms with van der Waals surface area (Å²) < 4.78 is 43.1. The van der Waals surface area contributed by atoms with Crippen molar-refractivity contribution in [1.29, 1.82) is 5.26 Å². The summed E-state index contributed by atoms with van der Waals surface area (Å²) in [6.07, 6.45) is 1.60. The molecule has 0 saturated carbocycles. The van der Waals surface area contributed by atoms with Crippen molar-refractivity contribution in [3.63, 3.8) is 0 Å². The van der Waals surface area contributed by atoms with Crippen LogP contribution >= 0.6 is 0 Å². The van der Waals surface area contributed by atoms with Crippen LogP contribution in [0, 0.1) is 11.3 Å². The number of rotatable bonds is 4. The second kappa shape index (κ2) is 8.38. The van der Waals surface area contributed by atoms with Gasteiger partial charge in [0.25, 0.3) is 5.91 Å². The van der Waals surface area contributed by atoms with Crippen molar-refractivity contribution in [2.45, 2.75) is 6.18 Å². The highest BCUT2D eigenvalue weighted by Crippen LogP contribution is 2.35. The number of pyridine rings is 1. The summed E-state index contributed by atoms with van der Waals surface area (Å²) in [5, 5.41) is 24.8. The molecule has 1 N–H and O–H groups in total. The Morgan fingerprint density at radius 2 is 1.74 bits per heavy atom. The summed E-state index contributed by atoms with van der Waals surface area (Å²) in [5.41, 5.74) is -1.25. The van der Waals surface area contributed by atoms with Gasteiger partial charge in [-0.05, 0) is 18.2 Å². The van der Waals surface area contributed by atoms with Gasteiger partial charge in [-0.15, -0.1) is 0 Å². The summed E-state index contributed by atoms with van der Waals surface area (Å²) in [6.45, 7) is 0. The van der Waals surface area contributed by atoms with Crippen molar-refractivity contribution >= 4 is 22.4 Å². The van der Waals surface area contributed by atoms with E-state index in [9.17, 15) is 23.2 Å². The lowest BCUT2D eigenvalue weighted by molar-refractivity contribution is -0.143. The first kappa shape index (κ1) is 21.8. The third-order valence-electron chi connectivity index (χ3n) is 5.17. The van der Waals surface area contributed by atoms with Crippen LogP contribution in [-0.2, 0) is 6.18 Å². The van der Waals surface area contributed by atoms with E-state index in [1.807, 2.05) is 6.07 Å². The predicted molar refractivity (Wildman–Crippen MR) is 118 cm³/mol. The fraction of sp³-hybridized carbons (Fsp3) is 0.0435. The Morgan fingerprint density at radius 1 is 0.971 bits per heavy atom. The maximum absolute atomic E-state index is 14.1. The summed E-state index contributed by atoms with van der Waals surface area (Å²) in [6, 6.07) is 13.0. The van der Waals surface area contributed by atoms with Gasteiger partial charge in [-0.2, -0.15) is 38.5 Å². The third kappa shape index (κ3) is 3.95. The Balaban J connectivity index is 1.54. The molecule has 0 saturated heterocycles. The quantitative estimate of drug-likeness (QED) is 0.419. The Labute approximate surface area is 195 Å². The molecular formula is C23H13F3N8O. The fourth-order valence-electron chi connectivity index (χ4n) is 3.66. The third-order valence-corrected chi connectivity index (χ3v) is 5.17. The molecule has 0 fully saturated rings. The van der Waals surface area contributed by atoms with Crippen LogP contribution in [0.15, 0.2) is 73.4 Å². The van der Waals surface area contributed by atoms with Gasteiger partial charge >= 0.3 is 6.18 Å². The van der Waals surface area contributed by atoms with Crippen LogP contribution in [0.1, 0.15) is 21.6 Å². The first-order chi connectivity index (χ1) is 16.9. The van der Waals surface area contributed by atoms with Crippen molar-refractivity contribution in [2.75, 3.05) is 5.32 Å². The number of fused-ring (bicyclic) bond motifs is 1. The number of alkyl halides is 3. The highest BCUT2D eigenvalue weighted by atomic mass is 19.4. The molecule has 0 spiro atoms. The van der Waals surface area contributed by atoms with E-state index in [1.54, 1.807) is 24.3 Å². The van der Waals surface area contributed by atoms with Gasteiger partial charge in [-0.3, -0.25) is 9.78 Å². The number of carbonyl (C=O) groups is 1. The minimum Gasteiger partial charge on any atom is -0.322 e. The van der Waals surface area contributed by atoms with Gasteiger partial charge < -0.3 is 5.32 Å². The number of nitriles is 1. The number of nitrogens with zero attached hydrogens (tertiary/aromatic N) is 7. The molecule has 0 atom stereocenters. The molecule has 1 amide bonds. The van der Waals surface area contributed by atoms with Crippen molar-refractivity contribution in [3.8, 4) is 17.4 Å². The average molecular weight is 474 g/mol. The standard InChI is InChI=1S/C23H13F3N8O/c24-23(25,26)21-18(12-31-33(21)20-13-28-11-14-3-1-2-4-17(14)20)22(35)32-16-5-6-19(15(9-16)10-27)34-29-7-8-30-34/h1-9,11-13H,(H,32,35). The number of halogens is 3. The van der Waals surface area contributed by atoms with Crippen LogP contribution in [0.25, 0.3) is 22.1 Å². The zero-order chi connectivity index (χ0) is 24.6. The molecule has 0 radical (unpaired) electrons. The first-order valence-electron chi connectivity index (χ1n) is 10.1. The molecule has 2 aromatic carbocycles.